The second kappa shape index (κ2) is 9.14. The molecule has 0 aromatic rings. The van der Waals surface area contributed by atoms with Crippen LogP contribution in [0.2, 0.25) is 0 Å². The lowest BCUT2D eigenvalue weighted by molar-refractivity contribution is -0.128. The molecule has 1 unspecified atom stereocenters. The van der Waals surface area contributed by atoms with Crippen LogP contribution in [-0.2, 0) is 14.3 Å². The molecule has 1 rings (SSSR count). The summed E-state index contributed by atoms with van der Waals surface area (Å²) >= 11 is 0. The number of rotatable bonds is 0. The van der Waals surface area contributed by atoms with Crippen LogP contribution in [0.5, 0.6) is 0 Å². The summed E-state index contributed by atoms with van der Waals surface area (Å²) in [5.74, 6) is 0.947. The molecule has 1 heterocycles. The average molecular weight is 294 g/mol. The Morgan fingerprint density at radius 3 is 2.67 bits per heavy atom. The van der Waals surface area contributed by atoms with E-state index in [9.17, 15) is 9.59 Å². The molecule has 0 fully saturated rings. The maximum atomic E-state index is 12.3. The van der Waals surface area contributed by atoms with Gasteiger partial charge in [-0.2, -0.15) is 0 Å². The normalized spacial score (nSPS) is 26.7. The summed E-state index contributed by atoms with van der Waals surface area (Å²) in [6, 6.07) is 0. The number of ether oxygens (including phenoxy) is 1. The van der Waals surface area contributed by atoms with Crippen LogP contribution in [0.4, 0.5) is 0 Å². The topological polar surface area (TPSA) is 43.4 Å². The Kier molecular flexibility index (Phi) is 7.87. The van der Waals surface area contributed by atoms with Gasteiger partial charge in [0.05, 0.1) is 6.61 Å². The zero-order chi connectivity index (χ0) is 15.7. The minimum atomic E-state index is -0.382. The van der Waals surface area contributed by atoms with Gasteiger partial charge in [0, 0.05) is 31.3 Å². The minimum Gasteiger partial charge on any atom is -0.377 e. The van der Waals surface area contributed by atoms with Gasteiger partial charge in [-0.25, -0.2) is 0 Å². The fourth-order valence-electron chi connectivity index (χ4n) is 2.46. The molecule has 0 aromatic heterocycles. The summed E-state index contributed by atoms with van der Waals surface area (Å²) in [5.41, 5.74) is -0.382. The second-order valence-corrected chi connectivity index (χ2v) is 6.89. The van der Waals surface area contributed by atoms with E-state index in [0.29, 0.717) is 44.8 Å². The van der Waals surface area contributed by atoms with Crippen LogP contribution in [0.15, 0.2) is 12.2 Å². The van der Waals surface area contributed by atoms with Crippen molar-refractivity contribution in [2.24, 2.45) is 11.3 Å². The SMILES string of the molecule is CC1CCC(=O)C(C)(C)CCC(=O)CCCC=CCOC1. The van der Waals surface area contributed by atoms with Gasteiger partial charge in [0.25, 0.3) is 0 Å². The van der Waals surface area contributed by atoms with E-state index >= 15 is 0 Å². The maximum absolute atomic E-state index is 12.3. The molecule has 0 amide bonds. The molecule has 0 aromatic carbocycles. The average Bonchev–Trinajstić information content (AvgIpc) is 2.44. The summed E-state index contributed by atoms with van der Waals surface area (Å²) in [6.45, 7) is 7.39. The Bertz CT molecular complexity index is 369. The van der Waals surface area contributed by atoms with Gasteiger partial charge >= 0.3 is 0 Å². The lowest BCUT2D eigenvalue weighted by atomic mass is 9.80. The molecule has 120 valence electrons. The van der Waals surface area contributed by atoms with Gasteiger partial charge in [-0.3, -0.25) is 9.59 Å². The van der Waals surface area contributed by atoms with Crippen molar-refractivity contribution in [3.63, 3.8) is 0 Å². The first-order valence-corrected chi connectivity index (χ1v) is 8.19. The quantitative estimate of drug-likeness (QED) is 0.632. The summed E-state index contributed by atoms with van der Waals surface area (Å²) in [7, 11) is 0. The molecule has 0 bridgehead atoms. The lowest BCUT2D eigenvalue weighted by Crippen LogP contribution is -2.26. The molecule has 21 heavy (non-hydrogen) atoms. The van der Waals surface area contributed by atoms with Gasteiger partial charge in [0.2, 0.25) is 0 Å². The zero-order valence-corrected chi connectivity index (χ0v) is 13.8. The van der Waals surface area contributed by atoms with Gasteiger partial charge in [0.15, 0.2) is 0 Å². The van der Waals surface area contributed by atoms with Gasteiger partial charge in [-0.1, -0.05) is 32.9 Å². The zero-order valence-electron chi connectivity index (χ0n) is 13.8. The molecular weight excluding hydrogens is 264 g/mol. The summed E-state index contributed by atoms with van der Waals surface area (Å²) in [4.78, 5) is 24.2. The molecule has 3 nitrogen and oxygen atoms in total. The lowest BCUT2D eigenvalue weighted by Gasteiger charge is -2.23. The minimum absolute atomic E-state index is 0.272. The van der Waals surface area contributed by atoms with Crippen LogP contribution >= 0.6 is 0 Å². The monoisotopic (exact) mass is 294 g/mol. The Balaban J connectivity index is 2.59. The number of allylic oxidation sites excluding steroid dienone is 1. The van der Waals surface area contributed by atoms with Crippen molar-refractivity contribution < 1.29 is 14.3 Å². The third-order valence-electron chi connectivity index (χ3n) is 4.26. The molecule has 1 aliphatic heterocycles. The standard InChI is InChI=1S/C18H30O3/c1-15-9-10-17(20)18(2,3)12-11-16(19)8-6-4-5-7-13-21-14-15/h5,7,15H,4,6,8-14H2,1-3H3. The Hall–Kier alpha value is -0.960. The fraction of sp³-hybridized carbons (Fsp3) is 0.778. The predicted octanol–water partition coefficient (Wildman–Crippen LogP) is 4.10. The highest BCUT2D eigenvalue weighted by Crippen LogP contribution is 2.27. The van der Waals surface area contributed by atoms with E-state index in [1.54, 1.807) is 0 Å². The fourth-order valence-corrected chi connectivity index (χ4v) is 2.46. The summed E-state index contributed by atoms with van der Waals surface area (Å²) < 4.78 is 5.59. The number of Topliss-reactive ketones (excluding diaryl/α,β-unsaturated/α-hetero) is 2. The van der Waals surface area contributed by atoms with Crippen LogP contribution in [0.3, 0.4) is 0 Å². The highest BCUT2D eigenvalue weighted by Gasteiger charge is 2.27. The highest BCUT2D eigenvalue weighted by molar-refractivity contribution is 5.85. The molecule has 0 aliphatic carbocycles. The van der Waals surface area contributed by atoms with E-state index < -0.39 is 0 Å². The van der Waals surface area contributed by atoms with Crippen molar-refractivity contribution in [3.8, 4) is 0 Å². The Morgan fingerprint density at radius 1 is 1.14 bits per heavy atom. The van der Waals surface area contributed by atoms with E-state index in [4.69, 9.17) is 4.74 Å². The molecule has 1 aliphatic rings. The summed E-state index contributed by atoms with van der Waals surface area (Å²) in [5, 5.41) is 0. The first kappa shape index (κ1) is 18.1. The van der Waals surface area contributed by atoms with E-state index in [1.807, 2.05) is 19.9 Å². The molecule has 0 saturated carbocycles. The van der Waals surface area contributed by atoms with Gasteiger partial charge in [-0.15, -0.1) is 0 Å². The molecule has 0 saturated heterocycles. The van der Waals surface area contributed by atoms with Crippen LogP contribution in [0, 0.1) is 11.3 Å². The number of ketones is 2. The second-order valence-electron chi connectivity index (χ2n) is 6.89. The Labute approximate surface area is 129 Å². The van der Waals surface area contributed by atoms with Crippen LogP contribution < -0.4 is 0 Å². The molecule has 0 radical (unpaired) electrons. The highest BCUT2D eigenvalue weighted by atomic mass is 16.5. The molecule has 0 spiro atoms. The number of carbonyl (C=O) groups is 2. The van der Waals surface area contributed by atoms with Crippen molar-refractivity contribution in [2.45, 2.75) is 65.7 Å². The smallest absolute Gasteiger partial charge is 0.138 e. The van der Waals surface area contributed by atoms with Crippen molar-refractivity contribution in [1.29, 1.82) is 0 Å². The molecule has 3 heteroatoms. The number of hydrogen-bond acceptors (Lipinski definition) is 3. The van der Waals surface area contributed by atoms with E-state index in [1.165, 1.54) is 0 Å². The van der Waals surface area contributed by atoms with E-state index in [0.717, 1.165) is 19.3 Å². The molecule has 0 N–H and O–H groups in total. The van der Waals surface area contributed by atoms with Crippen molar-refractivity contribution in [2.75, 3.05) is 13.2 Å². The van der Waals surface area contributed by atoms with Gasteiger partial charge < -0.3 is 4.74 Å². The third-order valence-corrected chi connectivity index (χ3v) is 4.26. The summed E-state index contributed by atoms with van der Waals surface area (Å²) in [6.07, 6.45) is 9.20. The third kappa shape index (κ3) is 7.56. The van der Waals surface area contributed by atoms with E-state index in [-0.39, 0.29) is 17.0 Å². The molecule has 1 atom stereocenters. The number of hydrogen-bond donors (Lipinski definition) is 0. The largest absolute Gasteiger partial charge is 0.377 e. The number of carbonyl (C=O) groups excluding carboxylic acids is 2. The van der Waals surface area contributed by atoms with Gasteiger partial charge in [0.1, 0.15) is 11.6 Å². The van der Waals surface area contributed by atoms with Crippen molar-refractivity contribution in [3.05, 3.63) is 12.2 Å². The Morgan fingerprint density at radius 2 is 1.90 bits per heavy atom. The molecular formula is C18H30O3. The van der Waals surface area contributed by atoms with Crippen LogP contribution in [0.25, 0.3) is 0 Å². The van der Waals surface area contributed by atoms with Crippen molar-refractivity contribution >= 4 is 11.6 Å². The van der Waals surface area contributed by atoms with Gasteiger partial charge in [-0.05, 0) is 31.6 Å². The van der Waals surface area contributed by atoms with Crippen LogP contribution in [-0.4, -0.2) is 24.8 Å². The van der Waals surface area contributed by atoms with E-state index in [2.05, 4.69) is 13.0 Å². The van der Waals surface area contributed by atoms with Crippen LogP contribution in [0.1, 0.15) is 65.7 Å². The van der Waals surface area contributed by atoms with Crippen molar-refractivity contribution in [1.82, 2.24) is 0 Å². The maximum Gasteiger partial charge on any atom is 0.138 e. The predicted molar refractivity (Wildman–Crippen MR) is 85.2 cm³/mol. The first-order chi connectivity index (χ1) is 9.92. The first-order valence-electron chi connectivity index (χ1n) is 8.19.